The summed E-state index contributed by atoms with van der Waals surface area (Å²) in [4.78, 5) is 11.3. The summed E-state index contributed by atoms with van der Waals surface area (Å²) in [7, 11) is 0. The topological polar surface area (TPSA) is 38.3 Å². The Labute approximate surface area is 73.5 Å². The van der Waals surface area contributed by atoms with E-state index in [0.29, 0.717) is 12.5 Å². The van der Waals surface area contributed by atoms with Crippen molar-refractivity contribution >= 4 is 5.97 Å². The van der Waals surface area contributed by atoms with Gasteiger partial charge in [-0.05, 0) is 25.8 Å². The average molecular weight is 171 g/mol. The monoisotopic (exact) mass is 171 g/mol. The van der Waals surface area contributed by atoms with Crippen molar-refractivity contribution in [2.24, 2.45) is 11.8 Å². The molecule has 0 saturated carbocycles. The van der Waals surface area contributed by atoms with Crippen LogP contribution in [0.4, 0.5) is 0 Å². The van der Waals surface area contributed by atoms with E-state index in [-0.39, 0.29) is 11.9 Å². The van der Waals surface area contributed by atoms with Crippen molar-refractivity contribution in [3.63, 3.8) is 0 Å². The molecule has 0 aliphatic carbocycles. The van der Waals surface area contributed by atoms with Crippen molar-refractivity contribution in [3.05, 3.63) is 0 Å². The number of carbonyl (C=O) groups excluding carboxylic acids is 1. The number of hydrogen-bond acceptors (Lipinski definition) is 3. The van der Waals surface area contributed by atoms with E-state index < -0.39 is 0 Å². The number of nitrogens with one attached hydrogen (secondary N) is 1. The first-order chi connectivity index (χ1) is 5.74. The maximum Gasteiger partial charge on any atom is 0.310 e. The second-order valence-electron chi connectivity index (χ2n) is 3.45. The smallest absolute Gasteiger partial charge is 0.310 e. The van der Waals surface area contributed by atoms with Crippen molar-refractivity contribution in [2.45, 2.75) is 20.3 Å². The van der Waals surface area contributed by atoms with Gasteiger partial charge in [0, 0.05) is 6.54 Å². The van der Waals surface area contributed by atoms with Gasteiger partial charge in [0.1, 0.15) is 0 Å². The van der Waals surface area contributed by atoms with Crippen molar-refractivity contribution in [2.75, 3.05) is 19.7 Å². The van der Waals surface area contributed by atoms with Gasteiger partial charge in [-0.2, -0.15) is 0 Å². The first-order valence-electron chi connectivity index (χ1n) is 4.61. The zero-order valence-corrected chi connectivity index (χ0v) is 7.80. The van der Waals surface area contributed by atoms with Crippen LogP contribution in [0.1, 0.15) is 20.3 Å². The second-order valence-corrected chi connectivity index (χ2v) is 3.45. The second kappa shape index (κ2) is 4.45. The van der Waals surface area contributed by atoms with Crippen LogP contribution in [0.15, 0.2) is 0 Å². The number of esters is 1. The predicted octanol–water partition coefficient (Wildman–Crippen LogP) is 0.795. The molecule has 2 atom stereocenters. The van der Waals surface area contributed by atoms with Crippen LogP contribution in [0.25, 0.3) is 0 Å². The van der Waals surface area contributed by atoms with Crippen LogP contribution in [-0.2, 0) is 9.53 Å². The van der Waals surface area contributed by atoms with Crippen LogP contribution in [0.2, 0.25) is 0 Å². The molecule has 12 heavy (non-hydrogen) atoms. The zero-order chi connectivity index (χ0) is 8.97. The Morgan fingerprint density at radius 2 is 2.33 bits per heavy atom. The third-order valence-corrected chi connectivity index (χ3v) is 2.19. The van der Waals surface area contributed by atoms with E-state index in [1.54, 1.807) is 0 Å². The number of hydrogen-bond donors (Lipinski definition) is 1. The van der Waals surface area contributed by atoms with Crippen molar-refractivity contribution in [3.8, 4) is 0 Å². The molecule has 3 nitrogen and oxygen atoms in total. The van der Waals surface area contributed by atoms with Gasteiger partial charge in [0.15, 0.2) is 0 Å². The molecule has 0 unspecified atom stereocenters. The largest absolute Gasteiger partial charge is 0.466 e. The van der Waals surface area contributed by atoms with Crippen LogP contribution >= 0.6 is 0 Å². The van der Waals surface area contributed by atoms with Gasteiger partial charge in [-0.15, -0.1) is 0 Å². The lowest BCUT2D eigenvalue weighted by Gasteiger charge is -2.25. The molecule has 0 radical (unpaired) electrons. The molecule has 0 amide bonds. The van der Waals surface area contributed by atoms with Gasteiger partial charge in [-0.3, -0.25) is 4.79 Å². The van der Waals surface area contributed by atoms with Crippen LogP contribution in [0.5, 0.6) is 0 Å². The number of rotatable bonds is 2. The molecule has 1 fully saturated rings. The minimum atomic E-state index is -0.0449. The van der Waals surface area contributed by atoms with E-state index in [1.807, 2.05) is 6.92 Å². The Kier molecular flexibility index (Phi) is 3.53. The summed E-state index contributed by atoms with van der Waals surface area (Å²) in [5, 5.41) is 3.22. The molecule has 0 aromatic rings. The number of carbonyl (C=O) groups is 1. The Morgan fingerprint density at radius 1 is 1.58 bits per heavy atom. The highest BCUT2D eigenvalue weighted by atomic mass is 16.5. The number of piperidine rings is 1. The standard InChI is InChI=1S/C9H17NO2/c1-3-12-9(11)8-4-7(2)5-10-6-8/h7-8,10H,3-6H2,1-2H3/t7-,8+/m1/s1. The minimum Gasteiger partial charge on any atom is -0.466 e. The molecule has 1 rings (SSSR count). The van der Waals surface area contributed by atoms with Crippen molar-refractivity contribution in [1.29, 1.82) is 0 Å². The van der Waals surface area contributed by atoms with Gasteiger partial charge >= 0.3 is 5.97 Å². The van der Waals surface area contributed by atoms with E-state index in [2.05, 4.69) is 12.2 Å². The van der Waals surface area contributed by atoms with Crippen LogP contribution < -0.4 is 5.32 Å². The fraction of sp³-hybridized carbons (Fsp3) is 0.889. The molecule has 1 aliphatic rings. The van der Waals surface area contributed by atoms with Crippen LogP contribution in [-0.4, -0.2) is 25.7 Å². The Balaban J connectivity index is 2.35. The third-order valence-electron chi connectivity index (χ3n) is 2.19. The lowest BCUT2D eigenvalue weighted by atomic mass is 9.92. The highest BCUT2D eigenvalue weighted by molar-refractivity contribution is 5.72. The summed E-state index contributed by atoms with van der Waals surface area (Å²) in [5.74, 6) is 0.624. The summed E-state index contributed by atoms with van der Waals surface area (Å²) in [6, 6.07) is 0. The van der Waals surface area contributed by atoms with Gasteiger partial charge in [0.05, 0.1) is 12.5 Å². The molecular weight excluding hydrogens is 154 g/mol. The molecule has 1 N–H and O–H groups in total. The molecule has 1 heterocycles. The average Bonchev–Trinajstić information content (AvgIpc) is 2.05. The minimum absolute atomic E-state index is 0.0449. The highest BCUT2D eigenvalue weighted by Crippen LogP contribution is 2.16. The molecule has 0 spiro atoms. The molecule has 0 aromatic heterocycles. The van der Waals surface area contributed by atoms with Crippen molar-refractivity contribution in [1.82, 2.24) is 5.32 Å². The highest BCUT2D eigenvalue weighted by Gasteiger charge is 2.25. The fourth-order valence-electron chi connectivity index (χ4n) is 1.60. The first-order valence-corrected chi connectivity index (χ1v) is 4.61. The molecule has 1 aliphatic heterocycles. The third kappa shape index (κ3) is 2.48. The van der Waals surface area contributed by atoms with Gasteiger partial charge in [-0.25, -0.2) is 0 Å². The molecule has 0 aromatic carbocycles. The molecule has 0 bridgehead atoms. The van der Waals surface area contributed by atoms with E-state index in [1.165, 1.54) is 0 Å². The van der Waals surface area contributed by atoms with Gasteiger partial charge in [0.25, 0.3) is 0 Å². The Hall–Kier alpha value is -0.570. The Morgan fingerprint density at radius 3 is 2.92 bits per heavy atom. The summed E-state index contributed by atoms with van der Waals surface area (Å²) in [6.45, 7) is 6.29. The maximum atomic E-state index is 11.3. The zero-order valence-electron chi connectivity index (χ0n) is 7.80. The quantitative estimate of drug-likeness (QED) is 0.624. The normalized spacial score (nSPS) is 29.8. The summed E-state index contributed by atoms with van der Waals surface area (Å²) in [6.07, 6.45) is 0.964. The fourth-order valence-corrected chi connectivity index (χ4v) is 1.60. The van der Waals surface area contributed by atoms with E-state index in [4.69, 9.17) is 4.74 Å². The first kappa shape index (κ1) is 9.52. The molecule has 3 heteroatoms. The number of ether oxygens (including phenoxy) is 1. The predicted molar refractivity (Wildman–Crippen MR) is 46.8 cm³/mol. The van der Waals surface area contributed by atoms with Gasteiger partial charge in [0.2, 0.25) is 0 Å². The van der Waals surface area contributed by atoms with E-state index in [9.17, 15) is 4.79 Å². The summed E-state index contributed by atoms with van der Waals surface area (Å²) >= 11 is 0. The van der Waals surface area contributed by atoms with Gasteiger partial charge < -0.3 is 10.1 Å². The SMILES string of the molecule is CCOC(=O)[C@@H]1CNC[C@H](C)C1. The summed E-state index contributed by atoms with van der Waals surface area (Å²) < 4.78 is 4.95. The van der Waals surface area contributed by atoms with Crippen LogP contribution in [0, 0.1) is 11.8 Å². The Bertz CT molecular complexity index is 159. The van der Waals surface area contributed by atoms with Crippen molar-refractivity contribution < 1.29 is 9.53 Å². The van der Waals surface area contributed by atoms with Gasteiger partial charge in [-0.1, -0.05) is 6.92 Å². The molecule has 1 saturated heterocycles. The lowest BCUT2D eigenvalue weighted by Crippen LogP contribution is -2.39. The molecule has 70 valence electrons. The van der Waals surface area contributed by atoms with E-state index in [0.717, 1.165) is 19.5 Å². The lowest BCUT2D eigenvalue weighted by molar-refractivity contribution is -0.149. The van der Waals surface area contributed by atoms with Crippen LogP contribution in [0.3, 0.4) is 0 Å². The maximum absolute atomic E-state index is 11.3. The summed E-state index contributed by atoms with van der Waals surface area (Å²) in [5.41, 5.74) is 0. The molecular formula is C9H17NO2. The van der Waals surface area contributed by atoms with E-state index >= 15 is 0 Å².